The van der Waals surface area contributed by atoms with E-state index < -0.39 is 17.5 Å². The van der Waals surface area contributed by atoms with Gasteiger partial charge in [-0.05, 0) is 44.0 Å². The first-order chi connectivity index (χ1) is 10.2. The van der Waals surface area contributed by atoms with Gasteiger partial charge in [0.25, 0.3) is 5.91 Å². The molecule has 2 rings (SSSR count). The maximum absolute atomic E-state index is 12.6. The molecule has 0 saturated carbocycles. The van der Waals surface area contributed by atoms with Gasteiger partial charge < -0.3 is 14.7 Å². The number of nitrogens with zero attached hydrogens (tertiary/aromatic N) is 1. The van der Waals surface area contributed by atoms with Gasteiger partial charge in [-0.3, -0.25) is 9.59 Å². The van der Waals surface area contributed by atoms with Crippen molar-refractivity contribution in [3.63, 3.8) is 0 Å². The largest absolute Gasteiger partial charge is 0.481 e. The third kappa shape index (κ3) is 3.53. The van der Waals surface area contributed by atoms with Crippen LogP contribution in [-0.2, 0) is 9.59 Å². The van der Waals surface area contributed by atoms with Gasteiger partial charge in [0.05, 0.1) is 5.92 Å². The molecule has 0 spiro atoms. The number of hydrogen-bond acceptors (Lipinski definition) is 3. The number of hydrogen-bond donors (Lipinski definition) is 1. The molecule has 120 valence electrons. The smallest absolute Gasteiger partial charge is 0.308 e. The zero-order valence-corrected chi connectivity index (χ0v) is 13.6. The SMILES string of the molecule is C[C@@H]1CN(C(=O)C(C)(C)Oc2ccc(Cl)cc2)C[C@H]1C(=O)O. The summed E-state index contributed by atoms with van der Waals surface area (Å²) < 4.78 is 5.76. The summed E-state index contributed by atoms with van der Waals surface area (Å²) in [5.41, 5.74) is -1.07. The van der Waals surface area contributed by atoms with Crippen molar-refractivity contribution in [2.45, 2.75) is 26.4 Å². The molecule has 0 aromatic heterocycles. The normalized spacial score (nSPS) is 21.7. The Kier molecular flexibility index (Phi) is 4.66. The number of carbonyl (C=O) groups excluding carboxylic acids is 1. The van der Waals surface area contributed by atoms with Gasteiger partial charge in [-0.25, -0.2) is 0 Å². The summed E-state index contributed by atoms with van der Waals surface area (Å²) in [7, 11) is 0. The van der Waals surface area contributed by atoms with Crippen LogP contribution in [-0.4, -0.2) is 40.6 Å². The monoisotopic (exact) mass is 325 g/mol. The van der Waals surface area contributed by atoms with Crippen molar-refractivity contribution in [3.8, 4) is 5.75 Å². The first kappa shape index (κ1) is 16.6. The lowest BCUT2D eigenvalue weighted by Crippen LogP contribution is -2.48. The van der Waals surface area contributed by atoms with Crippen molar-refractivity contribution >= 4 is 23.5 Å². The van der Waals surface area contributed by atoms with Gasteiger partial charge in [-0.1, -0.05) is 18.5 Å². The highest BCUT2D eigenvalue weighted by Crippen LogP contribution is 2.28. The highest BCUT2D eigenvalue weighted by molar-refractivity contribution is 6.30. The Hall–Kier alpha value is -1.75. The second kappa shape index (κ2) is 6.16. The van der Waals surface area contributed by atoms with Crippen LogP contribution in [0.4, 0.5) is 0 Å². The van der Waals surface area contributed by atoms with Crippen LogP contribution in [0.1, 0.15) is 20.8 Å². The van der Waals surface area contributed by atoms with Crippen LogP contribution >= 0.6 is 11.6 Å². The van der Waals surface area contributed by atoms with E-state index in [0.29, 0.717) is 17.3 Å². The molecule has 1 aromatic rings. The van der Waals surface area contributed by atoms with E-state index in [4.69, 9.17) is 21.4 Å². The van der Waals surface area contributed by atoms with Gasteiger partial charge in [0.15, 0.2) is 5.60 Å². The number of aliphatic carboxylic acids is 1. The predicted molar refractivity (Wildman–Crippen MR) is 83.0 cm³/mol. The molecule has 1 aliphatic rings. The highest BCUT2D eigenvalue weighted by atomic mass is 35.5. The second-order valence-corrected chi connectivity index (χ2v) is 6.63. The van der Waals surface area contributed by atoms with E-state index in [0.717, 1.165) is 0 Å². The number of halogens is 1. The average molecular weight is 326 g/mol. The van der Waals surface area contributed by atoms with Gasteiger partial charge in [0, 0.05) is 18.1 Å². The van der Waals surface area contributed by atoms with E-state index in [1.54, 1.807) is 43.0 Å². The maximum Gasteiger partial charge on any atom is 0.308 e. The van der Waals surface area contributed by atoms with Crippen molar-refractivity contribution in [3.05, 3.63) is 29.3 Å². The molecule has 2 atom stereocenters. The topological polar surface area (TPSA) is 66.8 Å². The van der Waals surface area contributed by atoms with Crippen LogP contribution in [0.5, 0.6) is 5.75 Å². The molecule has 1 aliphatic heterocycles. The summed E-state index contributed by atoms with van der Waals surface area (Å²) in [4.78, 5) is 25.4. The third-order valence-electron chi connectivity index (χ3n) is 3.92. The Balaban J connectivity index is 2.07. The number of benzene rings is 1. The van der Waals surface area contributed by atoms with Crippen molar-refractivity contribution in [2.24, 2.45) is 11.8 Å². The number of amides is 1. The second-order valence-electron chi connectivity index (χ2n) is 6.20. The van der Waals surface area contributed by atoms with Crippen LogP contribution < -0.4 is 4.74 Å². The summed E-state index contributed by atoms with van der Waals surface area (Å²) >= 11 is 5.82. The predicted octanol–water partition coefficient (Wildman–Crippen LogP) is 2.68. The lowest BCUT2D eigenvalue weighted by molar-refractivity contribution is -0.145. The number of carboxylic acid groups (broad SMARTS) is 1. The van der Waals surface area contributed by atoms with Gasteiger partial charge in [0.2, 0.25) is 0 Å². The summed E-state index contributed by atoms with van der Waals surface area (Å²) in [5.74, 6) is -1.11. The van der Waals surface area contributed by atoms with Gasteiger partial charge in [-0.15, -0.1) is 0 Å². The van der Waals surface area contributed by atoms with Crippen molar-refractivity contribution < 1.29 is 19.4 Å². The average Bonchev–Trinajstić information content (AvgIpc) is 2.82. The molecule has 22 heavy (non-hydrogen) atoms. The fourth-order valence-electron chi connectivity index (χ4n) is 2.68. The standard InChI is InChI=1S/C16H20ClNO4/c1-10-8-18(9-13(10)14(19)20)15(21)16(2,3)22-12-6-4-11(17)5-7-12/h4-7,10,13H,8-9H2,1-3H3,(H,19,20)/t10-,13-/m1/s1. The van der Waals surface area contributed by atoms with E-state index in [1.165, 1.54) is 0 Å². The van der Waals surface area contributed by atoms with Crippen molar-refractivity contribution in [2.75, 3.05) is 13.1 Å². The van der Waals surface area contributed by atoms with E-state index in [9.17, 15) is 9.59 Å². The molecule has 1 saturated heterocycles. The van der Waals surface area contributed by atoms with Gasteiger partial charge in [-0.2, -0.15) is 0 Å². The van der Waals surface area contributed by atoms with Crippen LogP contribution in [0.25, 0.3) is 0 Å². The first-order valence-corrected chi connectivity index (χ1v) is 7.55. The summed E-state index contributed by atoms with van der Waals surface area (Å²) in [5, 5.41) is 9.76. The van der Waals surface area contributed by atoms with Crippen LogP contribution in [0.15, 0.2) is 24.3 Å². The lowest BCUT2D eigenvalue weighted by atomic mass is 9.99. The number of likely N-dealkylation sites (tertiary alicyclic amines) is 1. The van der Waals surface area contributed by atoms with Crippen LogP contribution in [0.3, 0.4) is 0 Å². The molecule has 1 N–H and O–H groups in total. The molecule has 5 nitrogen and oxygen atoms in total. The van der Waals surface area contributed by atoms with E-state index >= 15 is 0 Å². The summed E-state index contributed by atoms with van der Waals surface area (Å²) in [6, 6.07) is 6.78. The van der Waals surface area contributed by atoms with E-state index in [-0.39, 0.29) is 18.4 Å². The summed E-state index contributed by atoms with van der Waals surface area (Å²) in [6.45, 7) is 5.87. The molecule has 1 fully saturated rings. The molecular weight excluding hydrogens is 306 g/mol. The Bertz CT molecular complexity index is 570. The minimum absolute atomic E-state index is 0.0622. The Labute approximate surface area is 134 Å². The van der Waals surface area contributed by atoms with Gasteiger partial charge >= 0.3 is 5.97 Å². The molecule has 1 aromatic carbocycles. The van der Waals surface area contributed by atoms with Crippen LogP contribution in [0.2, 0.25) is 5.02 Å². The lowest BCUT2D eigenvalue weighted by Gasteiger charge is -2.30. The zero-order valence-electron chi connectivity index (χ0n) is 12.9. The zero-order chi connectivity index (χ0) is 16.5. The fraction of sp³-hybridized carbons (Fsp3) is 0.500. The highest BCUT2D eigenvalue weighted by Gasteiger charge is 2.42. The minimum Gasteiger partial charge on any atom is -0.481 e. The maximum atomic E-state index is 12.6. The van der Waals surface area contributed by atoms with Gasteiger partial charge in [0.1, 0.15) is 5.75 Å². The molecule has 6 heteroatoms. The molecule has 0 unspecified atom stereocenters. The number of rotatable bonds is 4. The Morgan fingerprint density at radius 2 is 1.86 bits per heavy atom. The summed E-state index contributed by atoms with van der Waals surface area (Å²) in [6.07, 6.45) is 0. The number of carboxylic acids is 1. The van der Waals surface area contributed by atoms with Crippen molar-refractivity contribution in [1.82, 2.24) is 4.90 Å². The third-order valence-corrected chi connectivity index (χ3v) is 4.17. The minimum atomic E-state index is -1.07. The molecule has 1 amide bonds. The molecular formula is C16H20ClNO4. The van der Waals surface area contributed by atoms with Crippen LogP contribution in [0, 0.1) is 11.8 Å². The van der Waals surface area contributed by atoms with E-state index in [2.05, 4.69) is 0 Å². The first-order valence-electron chi connectivity index (χ1n) is 7.17. The Morgan fingerprint density at radius 1 is 1.27 bits per heavy atom. The molecule has 0 bridgehead atoms. The van der Waals surface area contributed by atoms with Crippen molar-refractivity contribution in [1.29, 1.82) is 0 Å². The molecule has 0 aliphatic carbocycles. The molecule has 0 radical (unpaired) electrons. The number of ether oxygens (including phenoxy) is 1. The molecule has 1 heterocycles. The quantitative estimate of drug-likeness (QED) is 0.924. The Morgan fingerprint density at radius 3 is 2.36 bits per heavy atom. The van der Waals surface area contributed by atoms with E-state index in [1.807, 2.05) is 6.92 Å². The number of carbonyl (C=O) groups is 2. The fourth-order valence-corrected chi connectivity index (χ4v) is 2.80.